The fourth-order valence-electron chi connectivity index (χ4n) is 2.65. The van der Waals surface area contributed by atoms with Crippen LogP contribution in [0.25, 0.3) is 5.69 Å². The minimum Gasteiger partial charge on any atom is -0.485 e. The van der Waals surface area contributed by atoms with Gasteiger partial charge in [0.15, 0.2) is 11.0 Å². The van der Waals surface area contributed by atoms with Crippen molar-refractivity contribution in [3.8, 4) is 17.5 Å². The molecule has 3 aromatic rings. The van der Waals surface area contributed by atoms with Crippen LogP contribution in [-0.2, 0) is 6.61 Å². The van der Waals surface area contributed by atoms with Crippen molar-refractivity contribution >= 4 is 11.8 Å². The molecule has 26 heavy (non-hydrogen) atoms. The number of rotatable bonds is 6. The van der Waals surface area contributed by atoms with Crippen LogP contribution in [0, 0.1) is 25.2 Å². The van der Waals surface area contributed by atoms with Crippen molar-refractivity contribution in [1.82, 2.24) is 14.8 Å². The highest BCUT2D eigenvalue weighted by Gasteiger charge is 2.17. The van der Waals surface area contributed by atoms with E-state index < -0.39 is 0 Å². The molecule has 1 unspecified atom stereocenters. The number of aryl methyl sites for hydroxylation is 2. The van der Waals surface area contributed by atoms with Crippen LogP contribution in [0.5, 0.6) is 5.75 Å². The van der Waals surface area contributed by atoms with Crippen LogP contribution in [0.15, 0.2) is 53.7 Å². The van der Waals surface area contributed by atoms with E-state index in [1.54, 1.807) is 0 Å². The summed E-state index contributed by atoms with van der Waals surface area (Å²) in [5, 5.41) is 18.2. The fraction of sp³-hybridized carbons (Fsp3) is 0.250. The second kappa shape index (κ2) is 8.07. The summed E-state index contributed by atoms with van der Waals surface area (Å²) in [6.45, 7) is 6.21. The van der Waals surface area contributed by atoms with Gasteiger partial charge in [0.2, 0.25) is 0 Å². The van der Waals surface area contributed by atoms with Crippen LogP contribution in [0.3, 0.4) is 0 Å². The molecule has 0 radical (unpaired) electrons. The monoisotopic (exact) mass is 364 g/mol. The maximum absolute atomic E-state index is 9.12. The summed E-state index contributed by atoms with van der Waals surface area (Å²) in [6.07, 6.45) is 0. The minimum atomic E-state index is -0.214. The third kappa shape index (κ3) is 3.89. The molecule has 0 saturated carbocycles. The Morgan fingerprint density at radius 2 is 1.77 bits per heavy atom. The van der Waals surface area contributed by atoms with Crippen molar-refractivity contribution in [2.45, 2.75) is 37.8 Å². The molecule has 3 rings (SSSR count). The summed E-state index contributed by atoms with van der Waals surface area (Å²) in [7, 11) is 0. The second-order valence-corrected chi connectivity index (χ2v) is 7.28. The molecular formula is C20H20N4OS. The van der Waals surface area contributed by atoms with E-state index in [0.717, 1.165) is 22.6 Å². The van der Waals surface area contributed by atoms with Gasteiger partial charge in [0.1, 0.15) is 12.4 Å². The largest absolute Gasteiger partial charge is 0.485 e. The van der Waals surface area contributed by atoms with Crippen molar-refractivity contribution in [3.63, 3.8) is 0 Å². The molecule has 0 saturated heterocycles. The van der Waals surface area contributed by atoms with Crippen LogP contribution in [0.2, 0.25) is 0 Å². The van der Waals surface area contributed by atoms with Crippen LogP contribution >= 0.6 is 11.8 Å². The lowest BCUT2D eigenvalue weighted by Crippen LogP contribution is -2.08. The van der Waals surface area contributed by atoms with Gasteiger partial charge in [0.25, 0.3) is 0 Å². The maximum Gasteiger partial charge on any atom is 0.197 e. The summed E-state index contributed by atoms with van der Waals surface area (Å²) < 4.78 is 8.01. The first-order chi connectivity index (χ1) is 12.6. The van der Waals surface area contributed by atoms with E-state index >= 15 is 0 Å². The van der Waals surface area contributed by atoms with Gasteiger partial charge in [0, 0.05) is 5.69 Å². The number of nitrogens with zero attached hydrogens (tertiary/aromatic N) is 4. The van der Waals surface area contributed by atoms with E-state index in [9.17, 15) is 0 Å². The zero-order valence-electron chi connectivity index (χ0n) is 15.0. The molecular weight excluding hydrogens is 344 g/mol. The number of ether oxygens (including phenoxy) is 1. The second-order valence-electron chi connectivity index (χ2n) is 5.97. The van der Waals surface area contributed by atoms with Crippen LogP contribution in [0.1, 0.15) is 23.9 Å². The van der Waals surface area contributed by atoms with Gasteiger partial charge in [-0.3, -0.25) is 4.57 Å². The van der Waals surface area contributed by atoms with Gasteiger partial charge in [0.05, 0.1) is 11.3 Å². The molecule has 0 fully saturated rings. The maximum atomic E-state index is 9.12. The molecule has 1 atom stereocenters. The number of thioether (sulfide) groups is 1. The van der Waals surface area contributed by atoms with Gasteiger partial charge >= 0.3 is 0 Å². The third-order valence-corrected chi connectivity index (χ3v) is 4.87. The summed E-state index contributed by atoms with van der Waals surface area (Å²) in [4.78, 5) is 0. The Balaban J connectivity index is 1.93. The Labute approximate surface area is 157 Å². The number of hydrogen-bond acceptors (Lipinski definition) is 5. The highest BCUT2D eigenvalue weighted by Crippen LogP contribution is 2.27. The van der Waals surface area contributed by atoms with Crippen molar-refractivity contribution in [3.05, 3.63) is 65.5 Å². The van der Waals surface area contributed by atoms with Crippen molar-refractivity contribution < 1.29 is 4.74 Å². The van der Waals surface area contributed by atoms with Gasteiger partial charge in [-0.2, -0.15) is 5.26 Å². The Morgan fingerprint density at radius 3 is 2.42 bits per heavy atom. The van der Waals surface area contributed by atoms with E-state index in [1.165, 1.54) is 11.8 Å². The van der Waals surface area contributed by atoms with Gasteiger partial charge in [-0.05, 0) is 44.0 Å². The highest BCUT2D eigenvalue weighted by atomic mass is 32.2. The summed E-state index contributed by atoms with van der Waals surface area (Å²) in [5.41, 5.74) is 3.12. The topological polar surface area (TPSA) is 63.7 Å². The van der Waals surface area contributed by atoms with Crippen LogP contribution < -0.4 is 4.74 Å². The fourth-order valence-corrected chi connectivity index (χ4v) is 3.43. The lowest BCUT2D eigenvalue weighted by Gasteiger charge is -2.14. The van der Waals surface area contributed by atoms with Gasteiger partial charge in [-0.25, -0.2) is 0 Å². The van der Waals surface area contributed by atoms with E-state index in [4.69, 9.17) is 10.00 Å². The molecule has 0 spiro atoms. The average Bonchev–Trinajstić information content (AvgIpc) is 3.04. The number of nitriles is 1. The number of aromatic nitrogens is 3. The molecule has 0 amide bonds. The number of hydrogen-bond donors (Lipinski definition) is 0. The number of benzene rings is 2. The zero-order valence-corrected chi connectivity index (χ0v) is 15.8. The predicted octanol–water partition coefficient (Wildman–Crippen LogP) is 4.47. The molecule has 1 heterocycles. The molecule has 0 aliphatic heterocycles. The quantitative estimate of drug-likeness (QED) is 0.604. The summed E-state index contributed by atoms with van der Waals surface area (Å²) in [6, 6.07) is 18.2. The summed E-state index contributed by atoms with van der Waals surface area (Å²) >= 11 is 1.39. The zero-order chi connectivity index (χ0) is 18.5. The molecule has 2 aromatic carbocycles. The van der Waals surface area contributed by atoms with Crippen LogP contribution in [0.4, 0.5) is 0 Å². The highest BCUT2D eigenvalue weighted by molar-refractivity contribution is 8.00. The van der Waals surface area contributed by atoms with Crippen molar-refractivity contribution in [1.29, 1.82) is 5.26 Å². The third-order valence-electron chi connectivity index (χ3n) is 3.93. The smallest absolute Gasteiger partial charge is 0.197 e. The van der Waals surface area contributed by atoms with Gasteiger partial charge in [-0.15, -0.1) is 10.2 Å². The molecule has 1 aromatic heterocycles. The van der Waals surface area contributed by atoms with E-state index in [2.05, 4.69) is 16.3 Å². The standard InChI is InChI=1S/C20H20N4OS/c1-14-8-7-9-15(2)19(14)25-13-18-22-23-20(26-16(3)12-21)24(18)17-10-5-4-6-11-17/h4-11,16H,13H2,1-3H3. The van der Waals surface area contributed by atoms with E-state index in [-0.39, 0.29) is 5.25 Å². The first-order valence-electron chi connectivity index (χ1n) is 8.35. The molecule has 0 bridgehead atoms. The van der Waals surface area contributed by atoms with E-state index in [1.807, 2.05) is 73.9 Å². The molecule has 132 valence electrons. The van der Waals surface area contributed by atoms with E-state index in [0.29, 0.717) is 17.6 Å². The van der Waals surface area contributed by atoms with Gasteiger partial charge < -0.3 is 4.74 Å². The van der Waals surface area contributed by atoms with Crippen molar-refractivity contribution in [2.75, 3.05) is 0 Å². The average molecular weight is 364 g/mol. The lowest BCUT2D eigenvalue weighted by atomic mass is 10.1. The normalized spacial score (nSPS) is 11.8. The van der Waals surface area contributed by atoms with Crippen LogP contribution in [-0.4, -0.2) is 20.0 Å². The molecule has 0 aliphatic rings. The predicted molar refractivity (Wildman–Crippen MR) is 103 cm³/mol. The summed E-state index contributed by atoms with van der Waals surface area (Å²) in [5.74, 6) is 1.57. The Bertz CT molecular complexity index is 910. The Kier molecular flexibility index (Phi) is 5.59. The van der Waals surface area contributed by atoms with Crippen molar-refractivity contribution in [2.24, 2.45) is 0 Å². The SMILES string of the molecule is Cc1cccc(C)c1OCc1nnc(SC(C)C#N)n1-c1ccccc1. The molecule has 5 nitrogen and oxygen atoms in total. The Morgan fingerprint density at radius 1 is 1.08 bits per heavy atom. The lowest BCUT2D eigenvalue weighted by molar-refractivity contribution is 0.289. The van der Waals surface area contributed by atoms with Gasteiger partial charge in [-0.1, -0.05) is 48.2 Å². The minimum absolute atomic E-state index is 0.214. The molecule has 0 aliphatic carbocycles. The first kappa shape index (κ1) is 18.0. The first-order valence-corrected chi connectivity index (χ1v) is 9.23. The Hall–Kier alpha value is -2.78. The number of para-hydroxylation sites is 2. The molecule has 6 heteroatoms. The molecule has 0 N–H and O–H groups in total.